The van der Waals surface area contributed by atoms with Crippen LogP contribution in [0.2, 0.25) is 5.02 Å². The summed E-state index contributed by atoms with van der Waals surface area (Å²) >= 11 is 6.13. The van der Waals surface area contributed by atoms with E-state index in [1.807, 2.05) is 25.1 Å². The van der Waals surface area contributed by atoms with Crippen LogP contribution < -0.4 is 4.74 Å². The fraction of sp³-hybridized carbons (Fsp3) is 0.375. The predicted molar refractivity (Wildman–Crippen MR) is 81.3 cm³/mol. The number of rotatable bonds is 4. The van der Waals surface area contributed by atoms with Crippen LogP contribution in [0.1, 0.15) is 34.2 Å². The van der Waals surface area contributed by atoms with Crippen LogP contribution in [-0.2, 0) is 26.3 Å². The molecule has 0 radical (unpaired) electrons. The van der Waals surface area contributed by atoms with Gasteiger partial charge in [-0.2, -0.15) is 5.10 Å². The number of nitrogens with zero attached hydrogens (tertiary/aromatic N) is 2. The van der Waals surface area contributed by atoms with Gasteiger partial charge in [-0.05, 0) is 30.2 Å². The van der Waals surface area contributed by atoms with Gasteiger partial charge in [0.2, 0.25) is 0 Å². The number of hydrogen-bond donors (Lipinski definition) is 0. The van der Waals surface area contributed by atoms with Crippen LogP contribution >= 0.6 is 11.6 Å². The molecule has 2 heterocycles. The first-order valence-electron chi connectivity index (χ1n) is 7.08. The van der Waals surface area contributed by atoms with Gasteiger partial charge in [0.25, 0.3) is 0 Å². The standard InChI is InChI=1S/C16H17ClN2O2/c1-3-13-9-14(19(2)18-13)15(20)8-11-7-12(17)6-10-4-5-21-16(10)11/h6-7,9H,3-5,8H2,1-2H3. The lowest BCUT2D eigenvalue weighted by Crippen LogP contribution is -2.10. The second-order valence-electron chi connectivity index (χ2n) is 5.25. The number of ether oxygens (including phenoxy) is 1. The molecule has 0 amide bonds. The number of halogens is 1. The molecule has 1 aromatic heterocycles. The predicted octanol–water partition coefficient (Wildman–Crippen LogP) is 3.00. The average Bonchev–Trinajstić information content (AvgIpc) is 3.04. The summed E-state index contributed by atoms with van der Waals surface area (Å²) in [5.74, 6) is 0.857. The van der Waals surface area contributed by atoms with Crippen LogP contribution in [0.4, 0.5) is 0 Å². The highest BCUT2D eigenvalue weighted by Gasteiger charge is 2.21. The Morgan fingerprint density at radius 2 is 2.24 bits per heavy atom. The Hall–Kier alpha value is -1.81. The molecule has 3 rings (SSSR count). The lowest BCUT2D eigenvalue weighted by Gasteiger charge is -2.08. The van der Waals surface area contributed by atoms with Gasteiger partial charge in [-0.3, -0.25) is 9.48 Å². The van der Waals surface area contributed by atoms with Crippen molar-refractivity contribution in [3.05, 3.63) is 45.7 Å². The normalized spacial score (nSPS) is 13.1. The van der Waals surface area contributed by atoms with Gasteiger partial charge < -0.3 is 4.74 Å². The Labute approximate surface area is 128 Å². The van der Waals surface area contributed by atoms with Gasteiger partial charge in [0.05, 0.1) is 12.3 Å². The quantitative estimate of drug-likeness (QED) is 0.816. The number of benzene rings is 1. The maximum atomic E-state index is 12.5. The summed E-state index contributed by atoms with van der Waals surface area (Å²) in [7, 11) is 1.80. The van der Waals surface area contributed by atoms with Crippen molar-refractivity contribution in [2.75, 3.05) is 6.61 Å². The highest BCUT2D eigenvalue weighted by atomic mass is 35.5. The van der Waals surface area contributed by atoms with Crippen molar-refractivity contribution in [2.24, 2.45) is 7.05 Å². The molecule has 0 saturated heterocycles. The number of Topliss-reactive ketones (excluding diaryl/α,β-unsaturated/α-hetero) is 1. The summed E-state index contributed by atoms with van der Waals surface area (Å²) in [6, 6.07) is 5.59. The molecule has 0 N–H and O–H groups in total. The van der Waals surface area contributed by atoms with E-state index in [9.17, 15) is 4.79 Å². The number of carbonyl (C=O) groups is 1. The molecule has 0 fully saturated rings. The molecule has 4 nitrogen and oxygen atoms in total. The Balaban J connectivity index is 1.90. The monoisotopic (exact) mass is 304 g/mol. The van der Waals surface area contributed by atoms with E-state index < -0.39 is 0 Å². The van der Waals surface area contributed by atoms with Crippen molar-refractivity contribution in [2.45, 2.75) is 26.2 Å². The van der Waals surface area contributed by atoms with Crippen LogP contribution in [0.3, 0.4) is 0 Å². The van der Waals surface area contributed by atoms with Crippen LogP contribution in [0.25, 0.3) is 0 Å². The molecule has 0 bridgehead atoms. The molecule has 0 atom stereocenters. The molecule has 1 aromatic carbocycles. The lowest BCUT2D eigenvalue weighted by molar-refractivity contribution is 0.0983. The van der Waals surface area contributed by atoms with Crippen molar-refractivity contribution < 1.29 is 9.53 Å². The fourth-order valence-electron chi connectivity index (χ4n) is 2.70. The third-order valence-corrected chi connectivity index (χ3v) is 3.97. The van der Waals surface area contributed by atoms with Gasteiger partial charge in [0.1, 0.15) is 11.4 Å². The topological polar surface area (TPSA) is 44.1 Å². The smallest absolute Gasteiger partial charge is 0.185 e. The van der Waals surface area contributed by atoms with E-state index in [0.29, 0.717) is 17.3 Å². The summed E-state index contributed by atoms with van der Waals surface area (Å²) in [4.78, 5) is 12.5. The summed E-state index contributed by atoms with van der Waals surface area (Å²) in [5, 5.41) is 4.97. The molecule has 5 heteroatoms. The minimum absolute atomic E-state index is 0.0321. The first-order valence-corrected chi connectivity index (χ1v) is 7.46. The first kappa shape index (κ1) is 14.1. The summed E-state index contributed by atoms with van der Waals surface area (Å²) in [5.41, 5.74) is 3.50. The van der Waals surface area contributed by atoms with E-state index >= 15 is 0 Å². The molecule has 21 heavy (non-hydrogen) atoms. The third-order valence-electron chi connectivity index (χ3n) is 3.75. The Kier molecular flexibility index (Phi) is 3.72. The van der Waals surface area contributed by atoms with Gasteiger partial charge in [0, 0.05) is 30.5 Å². The molecule has 0 unspecified atom stereocenters. The van der Waals surface area contributed by atoms with Crippen molar-refractivity contribution in [3.8, 4) is 5.75 Å². The van der Waals surface area contributed by atoms with E-state index in [2.05, 4.69) is 5.10 Å². The maximum absolute atomic E-state index is 12.5. The zero-order chi connectivity index (χ0) is 15.0. The molecule has 0 aliphatic carbocycles. The second-order valence-corrected chi connectivity index (χ2v) is 5.69. The van der Waals surface area contributed by atoms with Gasteiger partial charge >= 0.3 is 0 Å². The van der Waals surface area contributed by atoms with Crippen LogP contribution in [-0.4, -0.2) is 22.2 Å². The summed E-state index contributed by atoms with van der Waals surface area (Å²) in [6.07, 6.45) is 1.95. The molecular weight excluding hydrogens is 288 g/mol. The van der Waals surface area contributed by atoms with Crippen molar-refractivity contribution in [1.82, 2.24) is 9.78 Å². The van der Waals surface area contributed by atoms with Crippen molar-refractivity contribution >= 4 is 17.4 Å². The largest absolute Gasteiger partial charge is 0.493 e. The van der Waals surface area contributed by atoms with Crippen LogP contribution in [0, 0.1) is 0 Å². The Bertz CT molecular complexity index is 707. The first-order chi connectivity index (χ1) is 10.1. The summed E-state index contributed by atoms with van der Waals surface area (Å²) in [6.45, 7) is 2.68. The molecule has 0 saturated carbocycles. The molecular formula is C16H17ClN2O2. The van der Waals surface area contributed by atoms with E-state index in [4.69, 9.17) is 16.3 Å². The van der Waals surface area contributed by atoms with Gasteiger partial charge in [-0.25, -0.2) is 0 Å². The molecule has 1 aliphatic rings. The molecule has 0 spiro atoms. The van der Waals surface area contributed by atoms with E-state index in [-0.39, 0.29) is 12.2 Å². The number of aryl methyl sites for hydroxylation is 2. The number of fused-ring (bicyclic) bond motifs is 1. The van der Waals surface area contributed by atoms with E-state index in [1.54, 1.807) is 11.7 Å². The van der Waals surface area contributed by atoms with Crippen molar-refractivity contribution in [3.63, 3.8) is 0 Å². The average molecular weight is 305 g/mol. The third kappa shape index (κ3) is 2.68. The molecule has 110 valence electrons. The highest BCUT2D eigenvalue weighted by Crippen LogP contribution is 2.33. The summed E-state index contributed by atoms with van der Waals surface area (Å²) < 4.78 is 7.29. The Morgan fingerprint density at radius 1 is 1.43 bits per heavy atom. The minimum Gasteiger partial charge on any atom is -0.493 e. The lowest BCUT2D eigenvalue weighted by atomic mass is 10.0. The van der Waals surface area contributed by atoms with E-state index in [1.165, 1.54) is 0 Å². The number of carbonyl (C=O) groups excluding carboxylic acids is 1. The zero-order valence-electron chi connectivity index (χ0n) is 12.1. The van der Waals surface area contributed by atoms with Gasteiger partial charge in [0.15, 0.2) is 5.78 Å². The van der Waals surface area contributed by atoms with Crippen LogP contribution in [0.5, 0.6) is 5.75 Å². The molecule has 1 aliphatic heterocycles. The number of aromatic nitrogens is 2. The van der Waals surface area contributed by atoms with Gasteiger partial charge in [-0.1, -0.05) is 18.5 Å². The van der Waals surface area contributed by atoms with Gasteiger partial charge in [-0.15, -0.1) is 0 Å². The molecule has 2 aromatic rings. The highest BCUT2D eigenvalue weighted by molar-refractivity contribution is 6.30. The van der Waals surface area contributed by atoms with E-state index in [0.717, 1.165) is 35.4 Å². The fourth-order valence-corrected chi connectivity index (χ4v) is 2.96. The second kappa shape index (κ2) is 5.53. The van der Waals surface area contributed by atoms with Crippen molar-refractivity contribution in [1.29, 1.82) is 0 Å². The zero-order valence-corrected chi connectivity index (χ0v) is 12.9. The minimum atomic E-state index is 0.0321. The Morgan fingerprint density at radius 3 is 2.95 bits per heavy atom. The number of hydrogen-bond acceptors (Lipinski definition) is 3. The number of ketones is 1. The SMILES string of the molecule is CCc1cc(C(=O)Cc2cc(Cl)cc3c2OCC3)n(C)n1. The van der Waals surface area contributed by atoms with Crippen LogP contribution in [0.15, 0.2) is 18.2 Å². The maximum Gasteiger partial charge on any atom is 0.185 e.